The zero-order valence-electron chi connectivity index (χ0n) is 22.2. The molecule has 0 unspecified atom stereocenters. The van der Waals surface area contributed by atoms with Crippen molar-refractivity contribution >= 4 is 47.1 Å². The number of aryl methyl sites for hydroxylation is 1. The fourth-order valence-corrected chi connectivity index (χ4v) is 5.68. The number of fused-ring (bicyclic) bond motifs is 1. The molecule has 6 rings (SSSR count). The van der Waals surface area contributed by atoms with Gasteiger partial charge >= 0.3 is 0 Å². The normalized spacial score (nSPS) is 19.9. The summed E-state index contributed by atoms with van der Waals surface area (Å²) in [5.74, 6) is -1.83. The molecular formula is C29H36BF2N5. The molecule has 3 fully saturated rings. The van der Waals surface area contributed by atoms with Gasteiger partial charge in [0.2, 0.25) is 0 Å². The first kappa shape index (κ1) is 25.7. The molecule has 3 aliphatic rings. The highest BCUT2D eigenvalue weighted by molar-refractivity contribution is 6.34. The maximum Gasteiger partial charge on any atom is 0.251 e. The number of alkyl halides is 2. The Morgan fingerprint density at radius 1 is 0.838 bits per heavy atom. The summed E-state index contributed by atoms with van der Waals surface area (Å²) in [6.45, 7) is 8.76. The van der Waals surface area contributed by atoms with Gasteiger partial charge in [0.15, 0.2) is 0 Å². The Hall–Kier alpha value is -2.90. The molecule has 2 aromatic carbocycles. The zero-order valence-corrected chi connectivity index (χ0v) is 22.2. The van der Waals surface area contributed by atoms with Crippen molar-refractivity contribution in [2.75, 3.05) is 41.3 Å². The molecule has 3 heterocycles. The number of benzene rings is 2. The number of hydrogen-bond donors (Lipinski definition) is 1. The van der Waals surface area contributed by atoms with E-state index in [2.05, 4.69) is 32.3 Å². The SMILES string of the molecule is CC.[B]c1cc(N2CCC3(CC2)CC3)c2c(Nc3cc(C)cc(N4CCC(F)(F)CC4)c3)ncnc2c1. The third-order valence-corrected chi connectivity index (χ3v) is 8.05. The molecule has 194 valence electrons. The van der Waals surface area contributed by atoms with Crippen LogP contribution < -0.4 is 20.6 Å². The van der Waals surface area contributed by atoms with Crippen molar-refractivity contribution in [1.82, 2.24) is 9.97 Å². The van der Waals surface area contributed by atoms with E-state index >= 15 is 0 Å². The molecule has 2 aliphatic heterocycles. The molecule has 5 nitrogen and oxygen atoms in total. The van der Waals surface area contributed by atoms with Gasteiger partial charge < -0.3 is 15.1 Å². The molecule has 1 spiro atoms. The van der Waals surface area contributed by atoms with Gasteiger partial charge in [-0.05, 0) is 73.9 Å². The Bertz CT molecular complexity index is 1260. The Labute approximate surface area is 220 Å². The first-order chi connectivity index (χ1) is 17.8. The van der Waals surface area contributed by atoms with E-state index in [1.165, 1.54) is 25.7 Å². The predicted molar refractivity (Wildman–Crippen MR) is 150 cm³/mol. The summed E-state index contributed by atoms with van der Waals surface area (Å²) in [5, 5.41) is 4.48. The number of piperidine rings is 2. The number of halogens is 2. The number of aromatic nitrogens is 2. The van der Waals surface area contributed by atoms with Gasteiger partial charge in [-0.1, -0.05) is 19.3 Å². The standard InChI is InChI=1S/C27H30BF2N5.C2H6/c1-18-12-20(16-21(13-18)34-10-6-27(29,30)7-11-34)33-25-24-22(31-17-32-25)14-19(28)15-23(24)35-8-4-26(2-3-26)5-9-35;1-2/h12-17H,2-11H2,1H3,(H,31,32,33);1-2H3. The summed E-state index contributed by atoms with van der Waals surface area (Å²) in [4.78, 5) is 13.6. The van der Waals surface area contributed by atoms with Gasteiger partial charge in [-0.2, -0.15) is 0 Å². The molecule has 0 bridgehead atoms. The summed E-state index contributed by atoms with van der Waals surface area (Å²) in [7, 11) is 6.27. The van der Waals surface area contributed by atoms with E-state index in [1.54, 1.807) is 6.33 Å². The minimum absolute atomic E-state index is 0.109. The lowest BCUT2D eigenvalue weighted by Gasteiger charge is -2.35. The topological polar surface area (TPSA) is 44.3 Å². The second kappa shape index (κ2) is 10.1. The molecule has 0 atom stereocenters. The number of anilines is 4. The van der Waals surface area contributed by atoms with Crippen LogP contribution in [0.3, 0.4) is 0 Å². The van der Waals surface area contributed by atoms with Crippen LogP contribution in [0, 0.1) is 12.3 Å². The van der Waals surface area contributed by atoms with Crippen molar-refractivity contribution in [3.63, 3.8) is 0 Å². The quantitative estimate of drug-likeness (QED) is 0.435. The van der Waals surface area contributed by atoms with Crippen molar-refractivity contribution in [3.8, 4) is 0 Å². The van der Waals surface area contributed by atoms with Gasteiger partial charge in [0.25, 0.3) is 5.92 Å². The van der Waals surface area contributed by atoms with Crippen molar-refractivity contribution in [2.24, 2.45) is 5.41 Å². The van der Waals surface area contributed by atoms with E-state index in [1.807, 2.05) is 43.9 Å². The maximum absolute atomic E-state index is 13.7. The molecule has 8 heteroatoms. The van der Waals surface area contributed by atoms with Gasteiger partial charge in [-0.15, -0.1) is 0 Å². The summed E-state index contributed by atoms with van der Waals surface area (Å²) >= 11 is 0. The van der Waals surface area contributed by atoms with Crippen LogP contribution in [0.15, 0.2) is 36.7 Å². The Balaban J connectivity index is 0.00000137. The van der Waals surface area contributed by atoms with E-state index in [0.717, 1.165) is 52.4 Å². The molecule has 37 heavy (non-hydrogen) atoms. The van der Waals surface area contributed by atoms with E-state index in [4.69, 9.17) is 7.85 Å². The molecule has 2 radical (unpaired) electrons. The van der Waals surface area contributed by atoms with Crippen molar-refractivity contribution < 1.29 is 8.78 Å². The largest absolute Gasteiger partial charge is 0.371 e. The second-order valence-electron chi connectivity index (χ2n) is 10.7. The van der Waals surface area contributed by atoms with Crippen LogP contribution in [-0.2, 0) is 0 Å². The fraction of sp³-hybridized carbons (Fsp3) is 0.517. The number of rotatable bonds is 4. The Morgan fingerprint density at radius 2 is 1.51 bits per heavy atom. The monoisotopic (exact) mass is 503 g/mol. The summed E-state index contributed by atoms with van der Waals surface area (Å²) in [6.07, 6.45) is 6.50. The maximum atomic E-state index is 13.7. The van der Waals surface area contributed by atoms with Crippen LogP contribution in [0.5, 0.6) is 0 Å². The van der Waals surface area contributed by atoms with E-state index in [0.29, 0.717) is 24.0 Å². The Morgan fingerprint density at radius 3 is 2.19 bits per heavy atom. The highest BCUT2D eigenvalue weighted by Gasteiger charge is 2.44. The van der Waals surface area contributed by atoms with E-state index in [9.17, 15) is 8.78 Å². The summed E-state index contributed by atoms with van der Waals surface area (Å²) in [6, 6.07) is 10.1. The zero-order chi connectivity index (χ0) is 26.2. The molecule has 1 N–H and O–H groups in total. The van der Waals surface area contributed by atoms with Gasteiger partial charge in [-0.25, -0.2) is 18.7 Å². The molecule has 0 amide bonds. The lowest BCUT2D eigenvalue weighted by molar-refractivity contribution is -0.0220. The van der Waals surface area contributed by atoms with E-state index in [-0.39, 0.29) is 12.8 Å². The number of nitrogens with one attached hydrogen (secondary N) is 1. The first-order valence-corrected chi connectivity index (χ1v) is 13.6. The second-order valence-corrected chi connectivity index (χ2v) is 10.7. The van der Waals surface area contributed by atoms with Crippen LogP contribution in [0.25, 0.3) is 10.9 Å². The van der Waals surface area contributed by atoms with Crippen LogP contribution in [0.4, 0.5) is 31.7 Å². The minimum atomic E-state index is -2.56. The average Bonchev–Trinajstić information content (AvgIpc) is 3.63. The summed E-state index contributed by atoms with van der Waals surface area (Å²) < 4.78 is 27.4. The lowest BCUT2D eigenvalue weighted by atomic mass is 9.90. The number of nitrogens with zero attached hydrogens (tertiary/aromatic N) is 4. The van der Waals surface area contributed by atoms with Gasteiger partial charge in [0.1, 0.15) is 20.0 Å². The third-order valence-electron chi connectivity index (χ3n) is 8.05. The van der Waals surface area contributed by atoms with Gasteiger partial charge in [0, 0.05) is 56.1 Å². The molecule has 3 aromatic rings. The molecule has 1 saturated carbocycles. The highest BCUT2D eigenvalue weighted by atomic mass is 19.3. The van der Waals surface area contributed by atoms with Crippen LogP contribution in [0.1, 0.15) is 57.9 Å². The van der Waals surface area contributed by atoms with Gasteiger partial charge in [0.05, 0.1) is 10.9 Å². The number of hydrogen-bond acceptors (Lipinski definition) is 5. The Kier molecular flexibility index (Phi) is 7.03. The fourth-order valence-electron chi connectivity index (χ4n) is 5.68. The van der Waals surface area contributed by atoms with Crippen molar-refractivity contribution in [1.29, 1.82) is 0 Å². The van der Waals surface area contributed by atoms with Crippen LogP contribution in [-0.4, -0.2) is 49.9 Å². The minimum Gasteiger partial charge on any atom is -0.371 e. The third kappa shape index (κ3) is 5.53. The summed E-state index contributed by atoms with van der Waals surface area (Å²) in [5.41, 5.74) is 6.08. The van der Waals surface area contributed by atoms with E-state index < -0.39 is 5.92 Å². The van der Waals surface area contributed by atoms with Crippen LogP contribution >= 0.6 is 0 Å². The lowest BCUT2D eigenvalue weighted by Crippen LogP contribution is -2.39. The predicted octanol–water partition coefficient (Wildman–Crippen LogP) is 6.12. The van der Waals surface area contributed by atoms with Crippen molar-refractivity contribution in [2.45, 2.75) is 65.2 Å². The average molecular weight is 503 g/mol. The molecular weight excluding hydrogens is 467 g/mol. The highest BCUT2D eigenvalue weighted by Crippen LogP contribution is 2.54. The van der Waals surface area contributed by atoms with Gasteiger partial charge in [-0.3, -0.25) is 0 Å². The molecule has 1 aromatic heterocycles. The smallest absolute Gasteiger partial charge is 0.251 e. The van der Waals surface area contributed by atoms with Crippen LogP contribution in [0.2, 0.25) is 0 Å². The first-order valence-electron chi connectivity index (χ1n) is 13.6. The molecule has 1 aliphatic carbocycles. The van der Waals surface area contributed by atoms with Crippen molar-refractivity contribution in [3.05, 3.63) is 42.2 Å². The molecule has 2 saturated heterocycles.